The Balaban J connectivity index is 1.53. The van der Waals surface area contributed by atoms with Crippen molar-refractivity contribution in [3.63, 3.8) is 0 Å². The number of carbonyl (C=O) groups is 5. The van der Waals surface area contributed by atoms with Gasteiger partial charge in [0.1, 0.15) is 0 Å². The molecular formula is C37H45N5O5. The zero-order valence-electron chi connectivity index (χ0n) is 27.8. The van der Waals surface area contributed by atoms with Gasteiger partial charge in [0.05, 0.1) is 0 Å². The summed E-state index contributed by atoms with van der Waals surface area (Å²) in [5.74, 6) is -1.86. The van der Waals surface area contributed by atoms with E-state index in [1.54, 1.807) is 24.3 Å². The lowest BCUT2D eigenvalue weighted by Gasteiger charge is -2.18. The Bertz CT molecular complexity index is 1580. The molecule has 3 aromatic rings. The van der Waals surface area contributed by atoms with Crippen LogP contribution in [0.15, 0.2) is 60.7 Å². The van der Waals surface area contributed by atoms with E-state index in [-0.39, 0.29) is 56.9 Å². The van der Waals surface area contributed by atoms with E-state index in [1.165, 1.54) is 36.4 Å². The fourth-order valence-corrected chi connectivity index (χ4v) is 5.70. The molecule has 0 aliphatic heterocycles. The molecule has 1 aliphatic carbocycles. The van der Waals surface area contributed by atoms with E-state index in [2.05, 4.69) is 53.4 Å². The lowest BCUT2D eigenvalue weighted by Crippen LogP contribution is -2.31. The normalized spacial score (nSPS) is 12.1. The Morgan fingerprint density at radius 1 is 0.553 bits per heavy atom. The molecule has 0 unspecified atom stereocenters. The van der Waals surface area contributed by atoms with Crippen molar-refractivity contribution in [1.82, 2.24) is 20.4 Å². The van der Waals surface area contributed by atoms with Crippen molar-refractivity contribution >= 4 is 35.0 Å². The molecule has 1 aliphatic rings. The average molecular weight is 640 g/mol. The molecule has 0 saturated heterocycles. The fourth-order valence-electron chi connectivity index (χ4n) is 5.70. The lowest BCUT2D eigenvalue weighted by molar-refractivity contribution is 0.0948. The minimum absolute atomic E-state index is 0.156. The molecule has 0 atom stereocenters. The number of ketones is 2. The highest BCUT2D eigenvalue weighted by atomic mass is 16.2. The van der Waals surface area contributed by atoms with Crippen molar-refractivity contribution in [2.75, 3.05) is 57.7 Å². The summed E-state index contributed by atoms with van der Waals surface area (Å²) < 4.78 is 0. The highest BCUT2D eigenvalue weighted by Gasteiger charge is 2.30. The monoisotopic (exact) mass is 639 g/mol. The average Bonchev–Trinajstić information content (AvgIpc) is 3.10. The van der Waals surface area contributed by atoms with Crippen LogP contribution in [0, 0.1) is 0 Å². The first-order chi connectivity index (χ1) is 22.7. The molecule has 3 amide bonds. The van der Waals surface area contributed by atoms with E-state index in [0.29, 0.717) is 24.2 Å². The number of amides is 3. The van der Waals surface area contributed by atoms with Crippen LogP contribution < -0.4 is 16.0 Å². The van der Waals surface area contributed by atoms with E-state index in [0.717, 1.165) is 52.1 Å². The van der Waals surface area contributed by atoms with Crippen LogP contribution in [0.1, 0.15) is 103 Å². The fraction of sp³-hybridized carbons (Fsp3) is 0.378. The van der Waals surface area contributed by atoms with Gasteiger partial charge < -0.3 is 25.8 Å². The maximum atomic E-state index is 13.4. The molecule has 0 spiro atoms. The zero-order valence-corrected chi connectivity index (χ0v) is 27.8. The van der Waals surface area contributed by atoms with Crippen LogP contribution >= 0.6 is 0 Å². The molecule has 0 bridgehead atoms. The Labute approximate surface area is 276 Å². The number of hydrogen-bond acceptors (Lipinski definition) is 7. The van der Waals surface area contributed by atoms with Crippen LogP contribution in [-0.2, 0) is 0 Å². The second-order valence-corrected chi connectivity index (χ2v) is 11.5. The molecule has 4 rings (SSSR count). The number of fused-ring (bicyclic) bond motifs is 2. The van der Waals surface area contributed by atoms with Gasteiger partial charge >= 0.3 is 0 Å². The minimum Gasteiger partial charge on any atom is -0.352 e. The van der Waals surface area contributed by atoms with Crippen molar-refractivity contribution in [3.05, 3.63) is 99.6 Å². The molecule has 10 nitrogen and oxygen atoms in total. The predicted molar refractivity (Wildman–Crippen MR) is 184 cm³/mol. The van der Waals surface area contributed by atoms with Gasteiger partial charge in [-0.15, -0.1) is 0 Å². The van der Waals surface area contributed by atoms with Crippen molar-refractivity contribution in [2.45, 2.75) is 40.5 Å². The third-order valence-electron chi connectivity index (χ3n) is 8.56. The number of nitrogens with one attached hydrogen (secondary N) is 3. The molecule has 0 radical (unpaired) electrons. The molecule has 3 aromatic carbocycles. The first-order valence-corrected chi connectivity index (χ1v) is 16.5. The van der Waals surface area contributed by atoms with Crippen molar-refractivity contribution in [3.8, 4) is 0 Å². The smallest absolute Gasteiger partial charge is 0.255 e. The standard InChI is InChI=1S/C37H45N5O5/c1-5-41(6-2)19-11-17-38-35(45)26-21-27(36(46)39-18-12-20-42(7-3)8-4)23-28(22-26)40-37(47)25-15-16-31-32(24-25)34(44)30-14-10-9-13-29(30)33(31)43/h9-10,13-16,21-24H,5-8,11-12,17-20H2,1-4H3,(H,38,45)(H,39,46)(H,40,47). The summed E-state index contributed by atoms with van der Waals surface area (Å²) in [6.07, 6.45) is 1.54. The third kappa shape index (κ3) is 8.78. The second kappa shape index (κ2) is 16.8. The summed E-state index contributed by atoms with van der Waals surface area (Å²) in [7, 11) is 0. The van der Waals surface area contributed by atoms with Crippen LogP contribution in [0.4, 0.5) is 5.69 Å². The van der Waals surface area contributed by atoms with Gasteiger partial charge in [-0.2, -0.15) is 0 Å². The number of hydrogen-bond donors (Lipinski definition) is 3. The van der Waals surface area contributed by atoms with Gasteiger partial charge in [0, 0.05) is 57.7 Å². The molecular weight excluding hydrogens is 594 g/mol. The maximum absolute atomic E-state index is 13.4. The van der Waals surface area contributed by atoms with Gasteiger partial charge in [0.15, 0.2) is 11.6 Å². The van der Waals surface area contributed by atoms with Crippen molar-refractivity contribution in [1.29, 1.82) is 0 Å². The van der Waals surface area contributed by atoms with Crippen LogP contribution in [-0.4, -0.2) is 91.4 Å². The second-order valence-electron chi connectivity index (χ2n) is 11.5. The van der Waals surface area contributed by atoms with Gasteiger partial charge in [-0.3, -0.25) is 24.0 Å². The molecule has 0 aromatic heterocycles. The van der Waals surface area contributed by atoms with E-state index >= 15 is 0 Å². The molecule has 0 heterocycles. The Hall–Kier alpha value is -4.67. The summed E-state index contributed by atoms with van der Waals surface area (Å²) in [6.45, 7) is 14.7. The number of nitrogens with zero attached hydrogens (tertiary/aromatic N) is 2. The molecule has 10 heteroatoms. The summed E-state index contributed by atoms with van der Waals surface area (Å²) in [6, 6.07) is 15.6. The third-order valence-corrected chi connectivity index (χ3v) is 8.56. The Kier molecular flexibility index (Phi) is 12.5. The first kappa shape index (κ1) is 35.2. The number of carbonyl (C=O) groups excluding carboxylic acids is 5. The van der Waals surface area contributed by atoms with Gasteiger partial charge in [0.2, 0.25) is 0 Å². The number of anilines is 1. The lowest BCUT2D eigenvalue weighted by atomic mass is 9.83. The van der Waals surface area contributed by atoms with Gasteiger partial charge in [-0.1, -0.05) is 52.0 Å². The molecule has 47 heavy (non-hydrogen) atoms. The summed E-state index contributed by atoms with van der Waals surface area (Å²) in [4.78, 5) is 70.6. The topological polar surface area (TPSA) is 128 Å². The summed E-state index contributed by atoms with van der Waals surface area (Å²) in [5, 5.41) is 8.64. The van der Waals surface area contributed by atoms with E-state index in [9.17, 15) is 24.0 Å². The number of benzene rings is 3. The Morgan fingerprint density at radius 3 is 1.51 bits per heavy atom. The van der Waals surface area contributed by atoms with Crippen molar-refractivity contribution < 1.29 is 24.0 Å². The van der Waals surface area contributed by atoms with E-state index in [1.807, 2.05) is 0 Å². The van der Waals surface area contributed by atoms with Crippen LogP contribution in [0.3, 0.4) is 0 Å². The summed E-state index contributed by atoms with van der Waals surface area (Å²) in [5.41, 5.74) is 1.93. The SMILES string of the molecule is CCN(CC)CCCNC(=O)c1cc(NC(=O)c2ccc3c(c2)C(=O)c2ccccc2C3=O)cc(C(=O)NCCCN(CC)CC)c1. The van der Waals surface area contributed by atoms with Crippen LogP contribution in [0.25, 0.3) is 0 Å². The van der Waals surface area contributed by atoms with Crippen LogP contribution in [0.2, 0.25) is 0 Å². The summed E-state index contributed by atoms with van der Waals surface area (Å²) >= 11 is 0. The van der Waals surface area contributed by atoms with Crippen LogP contribution in [0.5, 0.6) is 0 Å². The molecule has 3 N–H and O–H groups in total. The highest BCUT2D eigenvalue weighted by Crippen LogP contribution is 2.28. The zero-order chi connectivity index (χ0) is 33.9. The molecule has 0 fully saturated rings. The largest absolute Gasteiger partial charge is 0.352 e. The maximum Gasteiger partial charge on any atom is 0.255 e. The minimum atomic E-state index is -0.547. The molecule has 0 saturated carbocycles. The van der Waals surface area contributed by atoms with Gasteiger partial charge in [-0.25, -0.2) is 0 Å². The number of rotatable bonds is 16. The quantitative estimate of drug-likeness (QED) is 0.153. The highest BCUT2D eigenvalue weighted by molar-refractivity contribution is 6.29. The van der Waals surface area contributed by atoms with Gasteiger partial charge in [-0.05, 0) is 88.5 Å². The Morgan fingerprint density at radius 2 is 1.02 bits per heavy atom. The van der Waals surface area contributed by atoms with Crippen molar-refractivity contribution in [2.24, 2.45) is 0 Å². The predicted octanol–water partition coefficient (Wildman–Crippen LogP) is 4.64. The van der Waals surface area contributed by atoms with E-state index < -0.39 is 5.91 Å². The van der Waals surface area contributed by atoms with E-state index in [4.69, 9.17) is 0 Å². The van der Waals surface area contributed by atoms with Gasteiger partial charge in [0.25, 0.3) is 17.7 Å². The molecule has 248 valence electrons. The first-order valence-electron chi connectivity index (χ1n) is 16.5.